The number of carbonyl (C=O) groups is 2. The third-order valence-corrected chi connectivity index (χ3v) is 2.82. The maximum atomic E-state index is 11.9. The van der Waals surface area contributed by atoms with E-state index in [1.54, 1.807) is 36.4 Å². The number of amides is 1. The SMILES string of the molecule is COC(=O)Cc1ccc(NC(=O)c2ccccc2)cc1. The molecule has 1 amide bonds. The molecule has 0 spiro atoms. The maximum Gasteiger partial charge on any atom is 0.309 e. The fourth-order valence-corrected chi connectivity index (χ4v) is 1.74. The van der Waals surface area contributed by atoms with Crippen LogP contribution in [0.25, 0.3) is 0 Å². The highest BCUT2D eigenvalue weighted by Crippen LogP contribution is 2.12. The van der Waals surface area contributed by atoms with E-state index >= 15 is 0 Å². The molecule has 20 heavy (non-hydrogen) atoms. The first kappa shape index (κ1) is 13.8. The Kier molecular flexibility index (Phi) is 4.50. The van der Waals surface area contributed by atoms with E-state index in [-0.39, 0.29) is 18.3 Å². The first-order valence-electron chi connectivity index (χ1n) is 6.21. The molecule has 2 rings (SSSR count). The van der Waals surface area contributed by atoms with Gasteiger partial charge in [0.1, 0.15) is 0 Å². The van der Waals surface area contributed by atoms with Crippen molar-refractivity contribution < 1.29 is 14.3 Å². The number of ether oxygens (including phenoxy) is 1. The summed E-state index contributed by atoms with van der Waals surface area (Å²) in [7, 11) is 1.36. The summed E-state index contributed by atoms with van der Waals surface area (Å²) in [6, 6.07) is 16.1. The van der Waals surface area contributed by atoms with Crippen molar-refractivity contribution in [2.24, 2.45) is 0 Å². The van der Waals surface area contributed by atoms with Gasteiger partial charge in [0.05, 0.1) is 13.5 Å². The van der Waals surface area contributed by atoms with Crippen LogP contribution in [-0.4, -0.2) is 19.0 Å². The molecule has 0 aromatic heterocycles. The van der Waals surface area contributed by atoms with E-state index in [1.165, 1.54) is 7.11 Å². The van der Waals surface area contributed by atoms with Gasteiger partial charge in [-0.2, -0.15) is 0 Å². The van der Waals surface area contributed by atoms with E-state index in [4.69, 9.17) is 0 Å². The van der Waals surface area contributed by atoms with Gasteiger partial charge in [-0.15, -0.1) is 0 Å². The molecule has 0 saturated carbocycles. The zero-order valence-corrected chi connectivity index (χ0v) is 11.1. The number of nitrogens with one attached hydrogen (secondary N) is 1. The van der Waals surface area contributed by atoms with Crippen LogP contribution in [0, 0.1) is 0 Å². The van der Waals surface area contributed by atoms with Crippen molar-refractivity contribution in [2.75, 3.05) is 12.4 Å². The minimum atomic E-state index is -0.286. The molecular formula is C16H15NO3. The van der Waals surface area contributed by atoms with E-state index in [1.807, 2.05) is 18.2 Å². The average Bonchev–Trinajstić information content (AvgIpc) is 2.50. The lowest BCUT2D eigenvalue weighted by molar-refractivity contribution is -0.139. The second-order valence-electron chi connectivity index (χ2n) is 4.27. The average molecular weight is 269 g/mol. The topological polar surface area (TPSA) is 55.4 Å². The van der Waals surface area contributed by atoms with Crippen LogP contribution in [0.1, 0.15) is 15.9 Å². The van der Waals surface area contributed by atoms with Gasteiger partial charge in [-0.3, -0.25) is 9.59 Å². The number of hydrogen-bond donors (Lipinski definition) is 1. The largest absolute Gasteiger partial charge is 0.469 e. The summed E-state index contributed by atoms with van der Waals surface area (Å²) >= 11 is 0. The van der Waals surface area contributed by atoms with Crippen LogP contribution in [0.4, 0.5) is 5.69 Å². The summed E-state index contributed by atoms with van der Waals surface area (Å²) in [5.41, 5.74) is 2.13. The zero-order valence-electron chi connectivity index (χ0n) is 11.1. The van der Waals surface area contributed by atoms with Crippen molar-refractivity contribution >= 4 is 17.6 Å². The summed E-state index contributed by atoms with van der Waals surface area (Å²) in [5, 5.41) is 2.80. The van der Waals surface area contributed by atoms with Gasteiger partial charge in [0, 0.05) is 11.3 Å². The van der Waals surface area contributed by atoms with E-state index in [0.717, 1.165) is 5.56 Å². The Balaban J connectivity index is 2.00. The van der Waals surface area contributed by atoms with Crippen LogP contribution < -0.4 is 5.32 Å². The van der Waals surface area contributed by atoms with Gasteiger partial charge in [-0.25, -0.2) is 0 Å². The second kappa shape index (κ2) is 6.52. The first-order valence-corrected chi connectivity index (χ1v) is 6.21. The Bertz CT molecular complexity index is 591. The van der Waals surface area contributed by atoms with Gasteiger partial charge >= 0.3 is 5.97 Å². The number of hydrogen-bond acceptors (Lipinski definition) is 3. The Morgan fingerprint density at radius 3 is 2.25 bits per heavy atom. The smallest absolute Gasteiger partial charge is 0.309 e. The van der Waals surface area contributed by atoms with Crippen molar-refractivity contribution in [1.29, 1.82) is 0 Å². The standard InChI is InChI=1S/C16H15NO3/c1-20-15(18)11-12-7-9-14(10-8-12)17-16(19)13-5-3-2-4-6-13/h2-10H,11H2,1H3,(H,17,19). The van der Waals surface area contributed by atoms with E-state index in [2.05, 4.69) is 10.1 Å². The summed E-state index contributed by atoms with van der Waals surface area (Å²) in [4.78, 5) is 23.1. The molecule has 0 unspecified atom stereocenters. The molecule has 0 aliphatic heterocycles. The molecule has 4 heteroatoms. The predicted molar refractivity (Wildman–Crippen MR) is 76.6 cm³/mol. The highest BCUT2D eigenvalue weighted by molar-refractivity contribution is 6.04. The van der Waals surface area contributed by atoms with Crippen LogP contribution in [0.2, 0.25) is 0 Å². The number of rotatable bonds is 4. The van der Waals surface area contributed by atoms with Crippen LogP contribution in [0.15, 0.2) is 54.6 Å². The molecule has 2 aromatic carbocycles. The Morgan fingerprint density at radius 2 is 1.65 bits per heavy atom. The molecule has 0 radical (unpaired) electrons. The molecule has 1 N–H and O–H groups in total. The molecule has 0 aliphatic carbocycles. The first-order chi connectivity index (χ1) is 9.69. The number of esters is 1. The van der Waals surface area contributed by atoms with Crippen molar-refractivity contribution in [2.45, 2.75) is 6.42 Å². The van der Waals surface area contributed by atoms with Crippen molar-refractivity contribution in [1.82, 2.24) is 0 Å². The van der Waals surface area contributed by atoms with Gasteiger partial charge in [0.15, 0.2) is 0 Å². The molecule has 0 fully saturated rings. The molecule has 102 valence electrons. The summed E-state index contributed by atoms with van der Waals surface area (Å²) in [5.74, 6) is -0.447. The number of anilines is 1. The van der Waals surface area contributed by atoms with E-state index in [9.17, 15) is 9.59 Å². The van der Waals surface area contributed by atoms with Gasteiger partial charge in [0.25, 0.3) is 5.91 Å². The predicted octanol–water partition coefficient (Wildman–Crippen LogP) is 2.65. The quantitative estimate of drug-likeness (QED) is 0.868. The third-order valence-electron chi connectivity index (χ3n) is 2.82. The van der Waals surface area contributed by atoms with E-state index in [0.29, 0.717) is 11.3 Å². The Morgan fingerprint density at radius 1 is 1.00 bits per heavy atom. The van der Waals surface area contributed by atoms with Gasteiger partial charge < -0.3 is 10.1 Å². The van der Waals surface area contributed by atoms with E-state index < -0.39 is 0 Å². The number of carbonyl (C=O) groups excluding carboxylic acids is 2. The molecule has 0 aliphatic rings. The minimum Gasteiger partial charge on any atom is -0.469 e. The van der Waals surface area contributed by atoms with Crippen molar-refractivity contribution in [3.63, 3.8) is 0 Å². The molecule has 0 atom stereocenters. The fraction of sp³-hybridized carbons (Fsp3) is 0.125. The lowest BCUT2D eigenvalue weighted by Gasteiger charge is -2.06. The zero-order chi connectivity index (χ0) is 14.4. The molecule has 2 aromatic rings. The minimum absolute atomic E-state index is 0.161. The summed E-state index contributed by atoms with van der Waals surface area (Å²) in [6.45, 7) is 0. The normalized spacial score (nSPS) is 9.85. The van der Waals surface area contributed by atoms with Crippen LogP contribution in [0.5, 0.6) is 0 Å². The Labute approximate surface area is 117 Å². The summed E-state index contributed by atoms with van der Waals surface area (Å²) < 4.78 is 4.60. The summed E-state index contributed by atoms with van der Waals surface area (Å²) in [6.07, 6.45) is 0.226. The van der Waals surface area contributed by atoms with Crippen LogP contribution in [0.3, 0.4) is 0 Å². The van der Waals surface area contributed by atoms with Gasteiger partial charge in [-0.05, 0) is 29.8 Å². The molecule has 0 bridgehead atoms. The Hall–Kier alpha value is -2.62. The number of methoxy groups -OCH3 is 1. The highest BCUT2D eigenvalue weighted by Gasteiger charge is 2.06. The third kappa shape index (κ3) is 3.68. The number of benzene rings is 2. The fourth-order valence-electron chi connectivity index (χ4n) is 1.74. The van der Waals surface area contributed by atoms with Gasteiger partial charge in [0.2, 0.25) is 0 Å². The molecule has 0 heterocycles. The lowest BCUT2D eigenvalue weighted by atomic mass is 10.1. The maximum absolute atomic E-state index is 11.9. The van der Waals surface area contributed by atoms with Crippen LogP contribution in [-0.2, 0) is 16.0 Å². The van der Waals surface area contributed by atoms with Crippen molar-refractivity contribution in [3.05, 3.63) is 65.7 Å². The molecular weight excluding hydrogens is 254 g/mol. The lowest BCUT2D eigenvalue weighted by Crippen LogP contribution is -2.11. The molecule has 0 saturated heterocycles. The highest BCUT2D eigenvalue weighted by atomic mass is 16.5. The van der Waals surface area contributed by atoms with Crippen molar-refractivity contribution in [3.8, 4) is 0 Å². The van der Waals surface area contributed by atoms with Gasteiger partial charge in [-0.1, -0.05) is 30.3 Å². The second-order valence-corrected chi connectivity index (χ2v) is 4.27. The molecule has 4 nitrogen and oxygen atoms in total. The van der Waals surface area contributed by atoms with Crippen LogP contribution >= 0.6 is 0 Å². The monoisotopic (exact) mass is 269 g/mol.